The molecular formula is C18H28N6O3S. The molecule has 28 heavy (non-hydrogen) atoms. The van der Waals surface area contributed by atoms with Gasteiger partial charge in [0.15, 0.2) is 5.13 Å². The minimum absolute atomic E-state index is 0.0704. The molecule has 0 saturated heterocycles. The van der Waals surface area contributed by atoms with Gasteiger partial charge in [-0.05, 0) is 18.8 Å². The van der Waals surface area contributed by atoms with E-state index in [0.717, 1.165) is 5.69 Å². The number of aromatic nitrogens is 3. The quantitative estimate of drug-likeness (QED) is 0.610. The first kappa shape index (κ1) is 21.7. The first-order valence-electron chi connectivity index (χ1n) is 9.18. The van der Waals surface area contributed by atoms with Crippen LogP contribution in [0.2, 0.25) is 0 Å². The van der Waals surface area contributed by atoms with Crippen LogP contribution >= 0.6 is 11.3 Å². The van der Waals surface area contributed by atoms with Crippen LogP contribution < -0.4 is 27.2 Å². The van der Waals surface area contributed by atoms with Crippen molar-refractivity contribution in [1.82, 2.24) is 14.5 Å². The SMILES string of the molecule is Cc1csc(NC(=O)CN(CC(C)C)c2c(N)n(CC(C)C)c(=O)[nH]c2=O)n1. The normalized spacial score (nSPS) is 11.2. The first-order chi connectivity index (χ1) is 13.1. The van der Waals surface area contributed by atoms with Gasteiger partial charge in [-0.25, -0.2) is 9.78 Å². The Kier molecular flexibility index (Phi) is 7.00. The maximum Gasteiger partial charge on any atom is 0.330 e. The summed E-state index contributed by atoms with van der Waals surface area (Å²) >= 11 is 1.33. The minimum atomic E-state index is -0.596. The van der Waals surface area contributed by atoms with Crippen LogP contribution in [0.3, 0.4) is 0 Å². The van der Waals surface area contributed by atoms with Gasteiger partial charge >= 0.3 is 5.69 Å². The summed E-state index contributed by atoms with van der Waals surface area (Å²) in [5.74, 6) is 0.0873. The molecule has 2 rings (SSSR count). The second-order valence-corrected chi connectivity index (χ2v) is 8.47. The first-order valence-corrected chi connectivity index (χ1v) is 10.1. The zero-order valence-electron chi connectivity index (χ0n) is 16.9. The third-order valence-electron chi connectivity index (χ3n) is 3.86. The van der Waals surface area contributed by atoms with Crippen molar-refractivity contribution in [3.63, 3.8) is 0 Å². The number of rotatable bonds is 8. The molecule has 2 heterocycles. The molecule has 0 atom stereocenters. The summed E-state index contributed by atoms with van der Waals surface area (Å²) in [7, 11) is 0. The molecule has 0 fully saturated rings. The highest BCUT2D eigenvalue weighted by atomic mass is 32.1. The summed E-state index contributed by atoms with van der Waals surface area (Å²) in [5, 5.41) is 5.08. The Labute approximate surface area is 167 Å². The average molecular weight is 409 g/mol. The second-order valence-electron chi connectivity index (χ2n) is 7.61. The summed E-state index contributed by atoms with van der Waals surface area (Å²) in [6.45, 7) is 10.4. The Morgan fingerprint density at radius 2 is 2.00 bits per heavy atom. The van der Waals surface area contributed by atoms with E-state index in [-0.39, 0.29) is 35.8 Å². The largest absolute Gasteiger partial charge is 0.383 e. The minimum Gasteiger partial charge on any atom is -0.383 e. The Morgan fingerprint density at radius 3 is 2.54 bits per heavy atom. The lowest BCUT2D eigenvalue weighted by molar-refractivity contribution is -0.115. The average Bonchev–Trinajstić information content (AvgIpc) is 2.95. The molecule has 0 spiro atoms. The second kappa shape index (κ2) is 9.05. The van der Waals surface area contributed by atoms with Crippen molar-refractivity contribution in [1.29, 1.82) is 0 Å². The number of carbonyl (C=O) groups is 1. The molecule has 10 heteroatoms. The third kappa shape index (κ3) is 5.44. The van der Waals surface area contributed by atoms with Crippen molar-refractivity contribution in [2.24, 2.45) is 11.8 Å². The molecule has 0 saturated carbocycles. The van der Waals surface area contributed by atoms with E-state index in [1.54, 1.807) is 4.90 Å². The van der Waals surface area contributed by atoms with E-state index in [9.17, 15) is 14.4 Å². The fourth-order valence-electron chi connectivity index (χ4n) is 2.85. The Balaban J connectivity index is 2.38. The highest BCUT2D eigenvalue weighted by molar-refractivity contribution is 7.13. The molecular weight excluding hydrogens is 380 g/mol. The summed E-state index contributed by atoms with van der Waals surface area (Å²) in [6, 6.07) is 0. The van der Waals surface area contributed by atoms with Gasteiger partial charge in [0.05, 0.1) is 12.2 Å². The standard InChI is InChI=1S/C18H28N6O3S/c1-10(2)6-23(8-13(25)21-17-20-12(5)9-28-17)14-15(19)24(7-11(3)4)18(27)22-16(14)26/h9-11H,6-8,19H2,1-5H3,(H,20,21,25)(H,22,26,27). The predicted molar refractivity (Wildman–Crippen MR) is 113 cm³/mol. The molecule has 9 nitrogen and oxygen atoms in total. The van der Waals surface area contributed by atoms with Crippen LogP contribution in [0.4, 0.5) is 16.6 Å². The zero-order valence-corrected chi connectivity index (χ0v) is 17.7. The lowest BCUT2D eigenvalue weighted by Crippen LogP contribution is -2.43. The van der Waals surface area contributed by atoms with Crippen LogP contribution in [0, 0.1) is 18.8 Å². The summed E-state index contributed by atoms with van der Waals surface area (Å²) in [5.41, 5.74) is 6.01. The zero-order chi connectivity index (χ0) is 21.0. The third-order valence-corrected chi connectivity index (χ3v) is 4.74. The molecule has 2 aromatic rings. The van der Waals surface area contributed by atoms with E-state index < -0.39 is 11.2 Å². The topological polar surface area (TPSA) is 126 Å². The maximum absolute atomic E-state index is 12.5. The van der Waals surface area contributed by atoms with Crippen molar-refractivity contribution in [2.45, 2.75) is 41.2 Å². The molecule has 0 aliphatic rings. The number of nitrogens with one attached hydrogen (secondary N) is 2. The highest BCUT2D eigenvalue weighted by Crippen LogP contribution is 2.20. The van der Waals surface area contributed by atoms with Gasteiger partial charge in [0.1, 0.15) is 11.5 Å². The van der Waals surface area contributed by atoms with E-state index in [1.165, 1.54) is 15.9 Å². The van der Waals surface area contributed by atoms with E-state index in [4.69, 9.17) is 5.73 Å². The number of aromatic amines is 1. The van der Waals surface area contributed by atoms with Crippen LogP contribution in [0.25, 0.3) is 0 Å². The molecule has 1 amide bonds. The number of anilines is 3. The fourth-order valence-corrected chi connectivity index (χ4v) is 3.55. The van der Waals surface area contributed by atoms with E-state index in [1.807, 2.05) is 40.0 Å². The molecule has 154 valence electrons. The molecule has 0 bridgehead atoms. The fraction of sp³-hybridized carbons (Fsp3) is 0.556. The van der Waals surface area contributed by atoms with Gasteiger partial charge in [0, 0.05) is 18.5 Å². The van der Waals surface area contributed by atoms with Crippen LogP contribution in [0.5, 0.6) is 0 Å². The lowest BCUT2D eigenvalue weighted by Gasteiger charge is -2.27. The number of hydrogen-bond acceptors (Lipinski definition) is 7. The van der Waals surface area contributed by atoms with Gasteiger partial charge in [0.2, 0.25) is 5.91 Å². The van der Waals surface area contributed by atoms with Crippen LogP contribution in [-0.2, 0) is 11.3 Å². The van der Waals surface area contributed by atoms with Crippen molar-refractivity contribution in [2.75, 3.05) is 29.0 Å². The summed E-state index contributed by atoms with van der Waals surface area (Å²) in [4.78, 5) is 45.4. The maximum atomic E-state index is 12.5. The van der Waals surface area contributed by atoms with Crippen molar-refractivity contribution < 1.29 is 4.79 Å². The van der Waals surface area contributed by atoms with Crippen molar-refractivity contribution in [3.8, 4) is 0 Å². The van der Waals surface area contributed by atoms with Crippen molar-refractivity contribution >= 4 is 33.9 Å². The molecule has 0 aliphatic heterocycles. The number of hydrogen-bond donors (Lipinski definition) is 3. The van der Waals surface area contributed by atoms with Gasteiger partial charge in [-0.1, -0.05) is 27.7 Å². The van der Waals surface area contributed by atoms with Gasteiger partial charge in [-0.3, -0.25) is 19.1 Å². The van der Waals surface area contributed by atoms with E-state index in [2.05, 4.69) is 15.3 Å². The van der Waals surface area contributed by atoms with Crippen molar-refractivity contribution in [3.05, 3.63) is 31.9 Å². The number of H-pyrrole nitrogens is 1. The number of aryl methyl sites for hydroxylation is 1. The monoisotopic (exact) mass is 408 g/mol. The highest BCUT2D eigenvalue weighted by Gasteiger charge is 2.22. The molecule has 0 unspecified atom stereocenters. The number of amides is 1. The molecule has 4 N–H and O–H groups in total. The van der Waals surface area contributed by atoms with Gasteiger partial charge in [0.25, 0.3) is 5.56 Å². The number of nitrogen functional groups attached to an aromatic ring is 1. The van der Waals surface area contributed by atoms with E-state index >= 15 is 0 Å². The van der Waals surface area contributed by atoms with Crippen LogP contribution in [-0.4, -0.2) is 33.5 Å². The van der Waals surface area contributed by atoms with E-state index in [0.29, 0.717) is 18.2 Å². The number of nitrogens with two attached hydrogens (primary N) is 1. The predicted octanol–water partition coefficient (Wildman–Crippen LogP) is 1.64. The lowest BCUT2D eigenvalue weighted by atomic mass is 10.2. The van der Waals surface area contributed by atoms with Gasteiger partial charge in [-0.2, -0.15) is 0 Å². The molecule has 2 aromatic heterocycles. The van der Waals surface area contributed by atoms with Gasteiger partial charge < -0.3 is 16.0 Å². The van der Waals surface area contributed by atoms with Gasteiger partial charge in [-0.15, -0.1) is 11.3 Å². The Bertz CT molecular complexity index is 944. The number of thiazole rings is 1. The smallest absolute Gasteiger partial charge is 0.330 e. The molecule has 0 aliphatic carbocycles. The number of nitrogens with zero attached hydrogens (tertiary/aromatic N) is 3. The Morgan fingerprint density at radius 1 is 1.32 bits per heavy atom. The van der Waals surface area contributed by atoms with Crippen LogP contribution in [0.1, 0.15) is 33.4 Å². The summed E-state index contributed by atoms with van der Waals surface area (Å²) < 4.78 is 1.34. The molecule has 0 aromatic carbocycles. The molecule has 0 radical (unpaired) electrons. The number of carbonyl (C=O) groups excluding carboxylic acids is 1. The Hall–Kier alpha value is -2.62. The summed E-state index contributed by atoms with van der Waals surface area (Å²) in [6.07, 6.45) is 0. The van der Waals surface area contributed by atoms with Crippen LogP contribution in [0.15, 0.2) is 15.0 Å².